The van der Waals surface area contributed by atoms with E-state index in [1.165, 1.54) is 43.9 Å². The molecule has 3 aromatic rings. The molecule has 1 aliphatic rings. The number of nitrogens with zero attached hydrogens (tertiary/aromatic N) is 5. The van der Waals surface area contributed by atoms with Gasteiger partial charge in [0, 0.05) is 20.0 Å². The van der Waals surface area contributed by atoms with E-state index in [0.717, 1.165) is 29.6 Å². The van der Waals surface area contributed by atoms with Crippen molar-refractivity contribution in [3.8, 4) is 5.69 Å². The number of hydrogen-bond acceptors (Lipinski definition) is 5. The van der Waals surface area contributed by atoms with Crippen LogP contribution in [0.25, 0.3) is 5.69 Å². The van der Waals surface area contributed by atoms with Gasteiger partial charge in [-0.1, -0.05) is 62.1 Å². The van der Waals surface area contributed by atoms with Gasteiger partial charge >= 0.3 is 0 Å². The van der Waals surface area contributed by atoms with Crippen molar-refractivity contribution in [2.45, 2.75) is 64.1 Å². The molecule has 1 saturated carbocycles. The summed E-state index contributed by atoms with van der Waals surface area (Å²) >= 11 is 1.36. The van der Waals surface area contributed by atoms with Gasteiger partial charge in [-0.25, -0.2) is 4.68 Å². The Balaban J connectivity index is 1.43. The van der Waals surface area contributed by atoms with Crippen LogP contribution in [0, 0.1) is 12.8 Å². The summed E-state index contributed by atoms with van der Waals surface area (Å²) in [6, 6.07) is 9.40. The number of para-hydroxylation sites is 1. The zero-order valence-corrected chi connectivity index (χ0v) is 20.4. The summed E-state index contributed by atoms with van der Waals surface area (Å²) in [5, 5.41) is 12.3. The zero-order valence-electron chi connectivity index (χ0n) is 19.6. The second-order valence-electron chi connectivity index (χ2n) is 8.62. The van der Waals surface area contributed by atoms with Crippen LogP contribution in [0.15, 0.2) is 40.3 Å². The lowest BCUT2D eigenvalue weighted by Gasteiger charge is -2.21. The molecule has 2 heterocycles. The van der Waals surface area contributed by atoms with Crippen molar-refractivity contribution in [3.63, 3.8) is 0 Å². The monoisotopic (exact) mass is 468 g/mol. The van der Waals surface area contributed by atoms with Crippen molar-refractivity contribution in [3.05, 3.63) is 52.2 Å². The van der Waals surface area contributed by atoms with Crippen LogP contribution in [0.4, 0.5) is 5.69 Å². The molecule has 1 aromatic carbocycles. The number of amides is 1. The molecule has 8 nitrogen and oxygen atoms in total. The third kappa shape index (κ3) is 5.08. The van der Waals surface area contributed by atoms with E-state index in [-0.39, 0.29) is 17.2 Å². The molecule has 2 aromatic heterocycles. The number of thioether (sulfide) groups is 1. The van der Waals surface area contributed by atoms with Gasteiger partial charge < -0.3 is 9.88 Å². The second-order valence-corrected chi connectivity index (χ2v) is 9.57. The first-order chi connectivity index (χ1) is 16.0. The third-order valence-electron chi connectivity index (χ3n) is 6.46. The minimum atomic E-state index is -0.244. The molecule has 0 aliphatic heterocycles. The molecule has 0 atom stereocenters. The third-order valence-corrected chi connectivity index (χ3v) is 7.42. The Morgan fingerprint density at radius 2 is 1.88 bits per heavy atom. The maximum atomic E-state index is 13.0. The van der Waals surface area contributed by atoms with E-state index in [1.807, 2.05) is 44.3 Å². The summed E-state index contributed by atoms with van der Waals surface area (Å²) in [5.74, 6) is 1.63. The molecule has 4 rings (SSSR count). The lowest BCUT2D eigenvalue weighted by molar-refractivity contribution is -0.113. The molecule has 1 N–H and O–H groups in total. The summed E-state index contributed by atoms with van der Waals surface area (Å²) in [4.78, 5) is 25.7. The first-order valence-electron chi connectivity index (χ1n) is 11.7. The van der Waals surface area contributed by atoms with Crippen LogP contribution in [-0.2, 0) is 24.8 Å². The second kappa shape index (κ2) is 10.4. The van der Waals surface area contributed by atoms with Crippen LogP contribution in [0.5, 0.6) is 0 Å². The fourth-order valence-corrected chi connectivity index (χ4v) is 5.38. The van der Waals surface area contributed by atoms with Gasteiger partial charge in [0.15, 0.2) is 5.16 Å². The summed E-state index contributed by atoms with van der Waals surface area (Å²) < 4.78 is 5.43. The molecule has 0 radical (unpaired) electrons. The molecular weight excluding hydrogens is 436 g/mol. The number of carbonyl (C=O) groups excluding carboxylic acids is 1. The zero-order chi connectivity index (χ0) is 23.4. The summed E-state index contributed by atoms with van der Waals surface area (Å²) in [7, 11) is 1.81. The van der Waals surface area contributed by atoms with E-state index >= 15 is 0 Å². The van der Waals surface area contributed by atoms with E-state index in [1.54, 1.807) is 9.36 Å². The fraction of sp³-hybridized carbons (Fsp3) is 0.500. The highest BCUT2D eigenvalue weighted by molar-refractivity contribution is 7.99. The standard InChI is InChI=1S/C24H32N6O2S/c1-4-29-20(15-18-11-7-5-8-12-18)26-27-24(29)33-16-21(31)25-22-17(2)28(3)30(23(22)32)19-13-9-6-10-14-19/h6,9-10,13-14,18H,4-5,7-8,11-12,15-16H2,1-3H3,(H,25,31). The molecule has 0 unspecified atom stereocenters. The SMILES string of the molecule is CCn1c(CC2CCCCC2)nnc1SCC(=O)Nc1c(C)n(C)n(-c2ccccc2)c1=O. The van der Waals surface area contributed by atoms with Crippen LogP contribution in [-0.4, -0.2) is 35.8 Å². The highest BCUT2D eigenvalue weighted by Crippen LogP contribution is 2.27. The molecule has 0 spiro atoms. The Hall–Kier alpha value is -2.81. The van der Waals surface area contributed by atoms with Crippen LogP contribution >= 0.6 is 11.8 Å². The lowest BCUT2D eigenvalue weighted by atomic mass is 9.87. The Morgan fingerprint density at radius 1 is 1.15 bits per heavy atom. The van der Waals surface area contributed by atoms with Gasteiger partial charge in [0.25, 0.3) is 5.56 Å². The van der Waals surface area contributed by atoms with Crippen molar-refractivity contribution in [2.24, 2.45) is 13.0 Å². The van der Waals surface area contributed by atoms with Crippen molar-refractivity contribution < 1.29 is 4.79 Å². The number of carbonyl (C=O) groups is 1. The summed E-state index contributed by atoms with van der Waals surface area (Å²) in [5.41, 5.74) is 1.52. The Bertz CT molecular complexity index is 1160. The van der Waals surface area contributed by atoms with Gasteiger partial charge in [-0.15, -0.1) is 10.2 Å². The van der Waals surface area contributed by atoms with Crippen molar-refractivity contribution in [2.75, 3.05) is 11.1 Å². The van der Waals surface area contributed by atoms with Crippen LogP contribution in [0.2, 0.25) is 0 Å². The Labute approximate surface area is 198 Å². The van der Waals surface area contributed by atoms with Gasteiger partial charge in [-0.05, 0) is 31.9 Å². The number of rotatable bonds is 8. The van der Waals surface area contributed by atoms with Crippen LogP contribution in [0.1, 0.15) is 50.5 Å². The average Bonchev–Trinajstić information content (AvgIpc) is 3.31. The number of benzene rings is 1. The Morgan fingerprint density at radius 3 is 2.58 bits per heavy atom. The maximum absolute atomic E-state index is 13.0. The smallest absolute Gasteiger partial charge is 0.295 e. The minimum Gasteiger partial charge on any atom is -0.319 e. The van der Waals surface area contributed by atoms with Crippen molar-refractivity contribution in [1.29, 1.82) is 0 Å². The average molecular weight is 469 g/mol. The number of nitrogens with one attached hydrogen (secondary N) is 1. The molecule has 176 valence electrons. The van der Waals surface area contributed by atoms with Gasteiger partial charge in [-0.3, -0.25) is 14.3 Å². The van der Waals surface area contributed by atoms with E-state index in [4.69, 9.17) is 0 Å². The van der Waals surface area contributed by atoms with Crippen molar-refractivity contribution in [1.82, 2.24) is 24.1 Å². The van der Waals surface area contributed by atoms with Crippen molar-refractivity contribution >= 4 is 23.4 Å². The molecule has 0 saturated heterocycles. The quantitative estimate of drug-likeness (QED) is 0.506. The fourth-order valence-electron chi connectivity index (χ4n) is 4.56. The normalized spacial score (nSPS) is 14.5. The molecule has 1 amide bonds. The minimum absolute atomic E-state index is 0.167. The van der Waals surface area contributed by atoms with E-state index in [2.05, 4.69) is 27.0 Å². The number of hydrogen-bond donors (Lipinski definition) is 1. The molecule has 1 fully saturated rings. The number of aromatic nitrogens is 5. The van der Waals surface area contributed by atoms with Gasteiger partial charge in [0.05, 0.1) is 17.1 Å². The highest BCUT2D eigenvalue weighted by Gasteiger charge is 2.21. The largest absolute Gasteiger partial charge is 0.319 e. The van der Waals surface area contributed by atoms with Gasteiger partial charge in [0.2, 0.25) is 5.91 Å². The molecule has 33 heavy (non-hydrogen) atoms. The summed E-state index contributed by atoms with van der Waals surface area (Å²) in [6.45, 7) is 4.69. The summed E-state index contributed by atoms with van der Waals surface area (Å²) in [6.07, 6.45) is 7.42. The molecular formula is C24H32N6O2S. The lowest BCUT2D eigenvalue weighted by Crippen LogP contribution is -2.23. The van der Waals surface area contributed by atoms with Crippen LogP contribution < -0.4 is 10.9 Å². The van der Waals surface area contributed by atoms with Crippen LogP contribution in [0.3, 0.4) is 0 Å². The topological polar surface area (TPSA) is 86.7 Å². The predicted octanol–water partition coefficient (Wildman–Crippen LogP) is 3.95. The van der Waals surface area contributed by atoms with Gasteiger partial charge in [0.1, 0.15) is 11.5 Å². The van der Waals surface area contributed by atoms with E-state index in [0.29, 0.717) is 17.3 Å². The molecule has 1 aliphatic carbocycles. The van der Waals surface area contributed by atoms with Gasteiger partial charge in [-0.2, -0.15) is 0 Å². The Kier molecular flexibility index (Phi) is 7.37. The number of anilines is 1. The molecule has 9 heteroatoms. The van der Waals surface area contributed by atoms with E-state index in [9.17, 15) is 9.59 Å². The van der Waals surface area contributed by atoms with E-state index < -0.39 is 0 Å². The first-order valence-corrected chi connectivity index (χ1v) is 12.7. The predicted molar refractivity (Wildman–Crippen MR) is 131 cm³/mol. The highest BCUT2D eigenvalue weighted by atomic mass is 32.2. The molecule has 0 bridgehead atoms. The first kappa shape index (κ1) is 23.4. The maximum Gasteiger partial charge on any atom is 0.295 e.